The molecule has 2 amide bonds. The van der Waals surface area contributed by atoms with E-state index in [1.807, 2.05) is 44.3 Å². The molecule has 4 N–H and O–H groups in total. The van der Waals surface area contributed by atoms with Crippen LogP contribution >= 0.6 is 0 Å². The number of carbonyl (C=O) groups is 1. The highest BCUT2D eigenvalue weighted by Gasteiger charge is 2.04. The SMILES string of the molecule is CC(C)NC(=O)Nc1ccc(CNCc2cccc3[nH]ccc23)cc1. The molecular weight excluding hydrogens is 312 g/mol. The zero-order valence-electron chi connectivity index (χ0n) is 14.6. The third kappa shape index (κ3) is 4.61. The van der Waals surface area contributed by atoms with E-state index < -0.39 is 0 Å². The van der Waals surface area contributed by atoms with Gasteiger partial charge in [-0.05, 0) is 49.2 Å². The summed E-state index contributed by atoms with van der Waals surface area (Å²) in [6, 6.07) is 16.2. The van der Waals surface area contributed by atoms with Gasteiger partial charge >= 0.3 is 6.03 Å². The fourth-order valence-electron chi connectivity index (χ4n) is 2.78. The van der Waals surface area contributed by atoms with E-state index in [1.54, 1.807) is 0 Å². The second kappa shape index (κ2) is 7.85. The van der Waals surface area contributed by atoms with Crippen LogP contribution in [0.2, 0.25) is 0 Å². The molecule has 1 heterocycles. The first-order valence-corrected chi connectivity index (χ1v) is 8.54. The average Bonchev–Trinajstić information content (AvgIpc) is 3.05. The lowest BCUT2D eigenvalue weighted by Gasteiger charge is -2.11. The Kier molecular flexibility index (Phi) is 5.36. The largest absolute Gasteiger partial charge is 0.361 e. The van der Waals surface area contributed by atoms with Crippen LogP contribution in [0.4, 0.5) is 10.5 Å². The summed E-state index contributed by atoms with van der Waals surface area (Å²) in [5.41, 5.74) is 4.41. The molecule has 0 aliphatic heterocycles. The van der Waals surface area contributed by atoms with E-state index in [-0.39, 0.29) is 12.1 Å². The van der Waals surface area contributed by atoms with Crippen LogP contribution in [0.15, 0.2) is 54.7 Å². The van der Waals surface area contributed by atoms with Gasteiger partial charge in [-0.1, -0.05) is 24.3 Å². The van der Waals surface area contributed by atoms with Gasteiger partial charge in [0.1, 0.15) is 0 Å². The van der Waals surface area contributed by atoms with Gasteiger partial charge in [-0.2, -0.15) is 0 Å². The summed E-state index contributed by atoms with van der Waals surface area (Å²) in [5.74, 6) is 0. The van der Waals surface area contributed by atoms with E-state index in [0.29, 0.717) is 0 Å². The molecule has 0 aliphatic carbocycles. The van der Waals surface area contributed by atoms with Gasteiger partial charge in [-0.15, -0.1) is 0 Å². The Balaban J connectivity index is 1.52. The summed E-state index contributed by atoms with van der Waals surface area (Å²) in [7, 11) is 0. The third-order valence-electron chi connectivity index (χ3n) is 3.96. The van der Waals surface area contributed by atoms with Gasteiger partial charge in [0.25, 0.3) is 0 Å². The predicted molar refractivity (Wildman–Crippen MR) is 103 cm³/mol. The molecule has 0 aliphatic rings. The molecule has 0 radical (unpaired) electrons. The molecule has 0 atom stereocenters. The normalized spacial score (nSPS) is 11.0. The summed E-state index contributed by atoms with van der Waals surface area (Å²) < 4.78 is 0. The number of aromatic nitrogens is 1. The molecule has 25 heavy (non-hydrogen) atoms. The van der Waals surface area contributed by atoms with Crippen molar-refractivity contribution >= 4 is 22.6 Å². The Hall–Kier alpha value is -2.79. The first-order valence-electron chi connectivity index (χ1n) is 8.54. The topological polar surface area (TPSA) is 69.0 Å². The van der Waals surface area contributed by atoms with E-state index in [9.17, 15) is 4.79 Å². The van der Waals surface area contributed by atoms with Crippen LogP contribution in [0, 0.1) is 0 Å². The fraction of sp³-hybridized carbons (Fsp3) is 0.250. The minimum absolute atomic E-state index is 0.118. The molecule has 0 spiro atoms. The first-order chi connectivity index (χ1) is 12.1. The molecule has 130 valence electrons. The quantitative estimate of drug-likeness (QED) is 0.550. The minimum Gasteiger partial charge on any atom is -0.361 e. The Morgan fingerprint density at radius 1 is 1.04 bits per heavy atom. The maximum absolute atomic E-state index is 11.7. The van der Waals surface area contributed by atoms with Crippen LogP contribution in [0.1, 0.15) is 25.0 Å². The van der Waals surface area contributed by atoms with Crippen molar-refractivity contribution in [3.05, 3.63) is 65.9 Å². The molecule has 1 aromatic heterocycles. The van der Waals surface area contributed by atoms with Crippen LogP contribution in [-0.4, -0.2) is 17.1 Å². The van der Waals surface area contributed by atoms with Crippen molar-refractivity contribution in [3.8, 4) is 0 Å². The molecule has 5 nitrogen and oxygen atoms in total. The second-order valence-corrected chi connectivity index (χ2v) is 6.41. The summed E-state index contributed by atoms with van der Waals surface area (Å²) in [6.07, 6.45) is 1.97. The lowest BCUT2D eigenvalue weighted by atomic mass is 10.1. The van der Waals surface area contributed by atoms with Gasteiger partial charge in [0, 0.05) is 41.9 Å². The summed E-state index contributed by atoms with van der Waals surface area (Å²) >= 11 is 0. The van der Waals surface area contributed by atoms with Crippen LogP contribution in [-0.2, 0) is 13.1 Å². The molecule has 0 unspecified atom stereocenters. The molecule has 3 rings (SSSR count). The minimum atomic E-state index is -0.180. The number of carbonyl (C=O) groups excluding carboxylic acids is 1. The zero-order chi connectivity index (χ0) is 17.6. The molecule has 0 saturated heterocycles. The Labute approximate surface area is 147 Å². The molecule has 5 heteroatoms. The van der Waals surface area contributed by atoms with E-state index >= 15 is 0 Å². The first kappa shape index (κ1) is 17.0. The van der Waals surface area contributed by atoms with Crippen molar-refractivity contribution in [2.24, 2.45) is 0 Å². The maximum Gasteiger partial charge on any atom is 0.319 e. The van der Waals surface area contributed by atoms with Gasteiger partial charge in [-0.25, -0.2) is 4.79 Å². The number of anilines is 1. The summed E-state index contributed by atoms with van der Waals surface area (Å²) in [4.78, 5) is 14.9. The highest BCUT2D eigenvalue weighted by Crippen LogP contribution is 2.17. The molecule has 0 bridgehead atoms. The van der Waals surface area contributed by atoms with Crippen LogP contribution in [0.3, 0.4) is 0 Å². The number of amides is 2. The second-order valence-electron chi connectivity index (χ2n) is 6.41. The maximum atomic E-state index is 11.7. The monoisotopic (exact) mass is 336 g/mol. The molecule has 3 aromatic rings. The zero-order valence-corrected chi connectivity index (χ0v) is 14.6. The molecule has 0 saturated carbocycles. The molecule has 2 aromatic carbocycles. The highest BCUT2D eigenvalue weighted by molar-refractivity contribution is 5.89. The van der Waals surface area contributed by atoms with Crippen molar-refractivity contribution in [1.29, 1.82) is 0 Å². The number of urea groups is 1. The van der Waals surface area contributed by atoms with Crippen molar-refractivity contribution in [2.75, 3.05) is 5.32 Å². The summed E-state index contributed by atoms with van der Waals surface area (Å²) in [5, 5.41) is 10.4. The molecule has 0 fully saturated rings. The van der Waals surface area contributed by atoms with Crippen molar-refractivity contribution in [2.45, 2.75) is 33.0 Å². The van der Waals surface area contributed by atoms with Gasteiger partial charge < -0.3 is 20.9 Å². The van der Waals surface area contributed by atoms with Crippen molar-refractivity contribution in [1.82, 2.24) is 15.6 Å². The van der Waals surface area contributed by atoms with Crippen LogP contribution < -0.4 is 16.0 Å². The lowest BCUT2D eigenvalue weighted by molar-refractivity contribution is 0.250. The molecular formula is C20H24N4O. The van der Waals surface area contributed by atoms with E-state index in [4.69, 9.17) is 0 Å². The number of H-pyrrole nitrogens is 1. The van der Waals surface area contributed by atoms with Gasteiger partial charge in [-0.3, -0.25) is 0 Å². The highest BCUT2D eigenvalue weighted by atomic mass is 16.2. The van der Waals surface area contributed by atoms with Gasteiger partial charge in [0.2, 0.25) is 0 Å². The Morgan fingerprint density at radius 2 is 1.84 bits per heavy atom. The third-order valence-corrected chi connectivity index (χ3v) is 3.96. The summed E-state index contributed by atoms with van der Waals surface area (Å²) in [6.45, 7) is 5.45. The number of benzene rings is 2. The fourth-order valence-corrected chi connectivity index (χ4v) is 2.78. The van der Waals surface area contributed by atoms with Gasteiger partial charge in [0.05, 0.1) is 0 Å². The van der Waals surface area contributed by atoms with E-state index in [2.05, 4.69) is 45.2 Å². The number of rotatable bonds is 6. The predicted octanol–water partition coefficient (Wildman–Crippen LogP) is 3.99. The number of hydrogen-bond acceptors (Lipinski definition) is 2. The lowest BCUT2D eigenvalue weighted by Crippen LogP contribution is -2.34. The number of nitrogens with one attached hydrogen (secondary N) is 4. The number of fused-ring (bicyclic) bond motifs is 1. The standard InChI is InChI=1S/C20H24N4O/c1-14(2)23-20(25)24-17-8-6-15(7-9-17)12-21-13-16-4-3-5-19-18(16)10-11-22-19/h3-11,14,21-22H,12-13H2,1-2H3,(H2,23,24,25). The Bertz CT molecular complexity index is 836. The number of hydrogen-bond donors (Lipinski definition) is 4. The van der Waals surface area contributed by atoms with Crippen LogP contribution in [0.5, 0.6) is 0 Å². The Morgan fingerprint density at radius 3 is 2.60 bits per heavy atom. The van der Waals surface area contributed by atoms with Crippen molar-refractivity contribution in [3.63, 3.8) is 0 Å². The number of aromatic amines is 1. The van der Waals surface area contributed by atoms with Gasteiger partial charge in [0.15, 0.2) is 0 Å². The van der Waals surface area contributed by atoms with Crippen molar-refractivity contribution < 1.29 is 4.79 Å². The average molecular weight is 336 g/mol. The van der Waals surface area contributed by atoms with E-state index in [1.165, 1.54) is 16.5 Å². The van der Waals surface area contributed by atoms with Crippen LogP contribution in [0.25, 0.3) is 10.9 Å². The smallest absolute Gasteiger partial charge is 0.319 e. The van der Waals surface area contributed by atoms with E-state index in [0.717, 1.165) is 24.3 Å².